The average molecular weight is 296 g/mol. The van der Waals surface area contributed by atoms with Crippen LogP contribution in [0.2, 0.25) is 0 Å². The molecule has 0 aliphatic heterocycles. The molecule has 0 radical (unpaired) electrons. The van der Waals surface area contributed by atoms with Crippen LogP contribution >= 0.6 is 0 Å². The van der Waals surface area contributed by atoms with E-state index in [2.05, 4.69) is 52.2 Å². The van der Waals surface area contributed by atoms with Crippen LogP contribution < -0.4 is 5.32 Å². The summed E-state index contributed by atoms with van der Waals surface area (Å²) < 4.78 is 1.78. The lowest BCUT2D eigenvalue weighted by Crippen LogP contribution is -2.08. The quantitative estimate of drug-likeness (QED) is 0.801. The summed E-state index contributed by atoms with van der Waals surface area (Å²) in [5.41, 5.74) is 3.03. The highest BCUT2D eigenvalue weighted by atomic mass is 15.3. The summed E-state index contributed by atoms with van der Waals surface area (Å²) in [5, 5.41) is 8.61. The van der Waals surface area contributed by atoms with Crippen LogP contribution in [0.3, 0.4) is 0 Å². The maximum Gasteiger partial charge on any atom is 0.163 e. The number of hydrogen-bond donors (Lipinski definition) is 1. The van der Waals surface area contributed by atoms with Gasteiger partial charge in [-0.05, 0) is 18.6 Å². The van der Waals surface area contributed by atoms with E-state index in [1.165, 1.54) is 0 Å². The molecule has 6 heteroatoms. The van der Waals surface area contributed by atoms with Crippen molar-refractivity contribution in [3.05, 3.63) is 41.6 Å². The summed E-state index contributed by atoms with van der Waals surface area (Å²) in [6.07, 6.45) is 3.61. The van der Waals surface area contributed by atoms with E-state index >= 15 is 0 Å². The lowest BCUT2D eigenvalue weighted by molar-refractivity contribution is 0.752. The van der Waals surface area contributed by atoms with Crippen molar-refractivity contribution in [1.29, 1.82) is 0 Å². The van der Waals surface area contributed by atoms with Gasteiger partial charge in [0.05, 0.1) is 23.8 Å². The van der Waals surface area contributed by atoms with Gasteiger partial charge >= 0.3 is 0 Å². The molecule has 1 N–H and O–H groups in total. The number of hydrogen-bond acceptors (Lipinski definition) is 5. The molecule has 0 atom stereocenters. The topological polar surface area (TPSA) is 68.5 Å². The summed E-state index contributed by atoms with van der Waals surface area (Å²) in [4.78, 5) is 13.7. The van der Waals surface area contributed by atoms with Gasteiger partial charge in [0.1, 0.15) is 11.6 Å². The standard InChI is InChI=1S/C16H20N6/c1-10(2)14-20-15(12-8-19-22(4)16(12)21-14)18-9-13-11(3)6-5-7-17-13/h5-8,10H,9H2,1-4H3,(H,18,20,21). The predicted octanol–water partition coefficient (Wildman–Crippen LogP) is 2.80. The average Bonchev–Trinajstić information content (AvgIpc) is 2.88. The first-order valence-corrected chi connectivity index (χ1v) is 7.40. The third-order valence-electron chi connectivity index (χ3n) is 3.67. The molecule has 0 saturated carbocycles. The summed E-state index contributed by atoms with van der Waals surface area (Å²) in [6.45, 7) is 6.86. The Morgan fingerprint density at radius 2 is 2.09 bits per heavy atom. The highest BCUT2D eigenvalue weighted by Gasteiger charge is 2.13. The fourth-order valence-electron chi connectivity index (χ4n) is 2.30. The molecule has 0 aromatic carbocycles. The molecule has 3 heterocycles. The Hall–Kier alpha value is -2.50. The zero-order chi connectivity index (χ0) is 15.7. The molecule has 0 fully saturated rings. The molecule has 3 aromatic heterocycles. The predicted molar refractivity (Wildman–Crippen MR) is 86.7 cm³/mol. The summed E-state index contributed by atoms with van der Waals surface area (Å²) in [6, 6.07) is 4.00. The second-order valence-corrected chi connectivity index (χ2v) is 5.71. The van der Waals surface area contributed by atoms with Crippen LogP contribution in [0.25, 0.3) is 11.0 Å². The Bertz CT molecular complexity index is 806. The maximum absolute atomic E-state index is 4.66. The highest BCUT2D eigenvalue weighted by Crippen LogP contribution is 2.23. The Morgan fingerprint density at radius 1 is 1.27 bits per heavy atom. The van der Waals surface area contributed by atoms with Crippen molar-refractivity contribution in [2.75, 3.05) is 5.32 Å². The number of nitrogens with zero attached hydrogens (tertiary/aromatic N) is 5. The van der Waals surface area contributed by atoms with E-state index in [-0.39, 0.29) is 5.92 Å². The Morgan fingerprint density at radius 3 is 2.82 bits per heavy atom. The lowest BCUT2D eigenvalue weighted by atomic mass is 10.2. The van der Waals surface area contributed by atoms with Crippen LogP contribution in [-0.4, -0.2) is 24.7 Å². The van der Waals surface area contributed by atoms with Gasteiger partial charge in [-0.25, -0.2) is 9.97 Å². The van der Waals surface area contributed by atoms with Crippen molar-refractivity contribution < 1.29 is 0 Å². The van der Waals surface area contributed by atoms with Crippen LogP contribution in [0.4, 0.5) is 5.82 Å². The van der Waals surface area contributed by atoms with Crippen LogP contribution in [0.5, 0.6) is 0 Å². The second-order valence-electron chi connectivity index (χ2n) is 5.71. The minimum Gasteiger partial charge on any atom is -0.364 e. The van der Waals surface area contributed by atoms with Crippen molar-refractivity contribution in [2.24, 2.45) is 7.05 Å². The van der Waals surface area contributed by atoms with Crippen molar-refractivity contribution in [3.8, 4) is 0 Å². The van der Waals surface area contributed by atoms with E-state index in [9.17, 15) is 0 Å². The van der Waals surface area contributed by atoms with Crippen molar-refractivity contribution in [2.45, 2.75) is 33.2 Å². The van der Waals surface area contributed by atoms with E-state index in [1.807, 2.05) is 19.3 Å². The van der Waals surface area contributed by atoms with Crippen LogP contribution in [0.1, 0.15) is 36.8 Å². The number of aromatic nitrogens is 5. The number of pyridine rings is 1. The van der Waals surface area contributed by atoms with Gasteiger partial charge in [-0.1, -0.05) is 19.9 Å². The molecular weight excluding hydrogens is 276 g/mol. The van der Waals surface area contributed by atoms with Gasteiger partial charge in [0.2, 0.25) is 0 Å². The molecule has 0 saturated heterocycles. The van der Waals surface area contributed by atoms with Crippen molar-refractivity contribution in [1.82, 2.24) is 24.7 Å². The normalized spacial score (nSPS) is 11.3. The minimum atomic E-state index is 0.261. The summed E-state index contributed by atoms with van der Waals surface area (Å²) in [7, 11) is 1.89. The molecule has 0 amide bonds. The molecule has 3 aromatic rings. The third kappa shape index (κ3) is 2.64. The monoisotopic (exact) mass is 296 g/mol. The second kappa shape index (κ2) is 5.71. The van der Waals surface area contributed by atoms with Gasteiger partial charge in [-0.2, -0.15) is 5.10 Å². The van der Waals surface area contributed by atoms with Gasteiger partial charge < -0.3 is 5.32 Å². The van der Waals surface area contributed by atoms with Gasteiger partial charge in [0.15, 0.2) is 5.65 Å². The van der Waals surface area contributed by atoms with Gasteiger partial charge in [-0.3, -0.25) is 9.67 Å². The summed E-state index contributed by atoms with van der Waals surface area (Å²) in [5.74, 6) is 1.89. The highest BCUT2D eigenvalue weighted by molar-refractivity contribution is 5.86. The van der Waals surface area contributed by atoms with Gasteiger partial charge in [-0.15, -0.1) is 0 Å². The molecular formula is C16H20N6. The number of anilines is 1. The molecule has 0 aliphatic carbocycles. The Labute approximate surface area is 129 Å². The summed E-state index contributed by atoms with van der Waals surface area (Å²) >= 11 is 0. The van der Waals surface area contributed by atoms with Crippen molar-refractivity contribution >= 4 is 16.9 Å². The molecule has 114 valence electrons. The SMILES string of the molecule is Cc1cccnc1CNc1nc(C(C)C)nc2c1cnn2C. The molecule has 3 rings (SSSR count). The first-order chi connectivity index (χ1) is 10.6. The first kappa shape index (κ1) is 14.4. The molecule has 6 nitrogen and oxygen atoms in total. The Kier molecular flexibility index (Phi) is 3.75. The van der Waals surface area contributed by atoms with Crippen LogP contribution in [-0.2, 0) is 13.6 Å². The lowest BCUT2D eigenvalue weighted by Gasteiger charge is -2.11. The van der Waals surface area contributed by atoms with Gasteiger partial charge in [0, 0.05) is 19.2 Å². The van der Waals surface area contributed by atoms with E-state index in [0.717, 1.165) is 33.9 Å². The number of fused-ring (bicyclic) bond motifs is 1. The fourth-order valence-corrected chi connectivity index (χ4v) is 2.30. The molecule has 0 bridgehead atoms. The molecule has 22 heavy (non-hydrogen) atoms. The Balaban J connectivity index is 1.97. The largest absolute Gasteiger partial charge is 0.364 e. The van der Waals surface area contributed by atoms with E-state index < -0.39 is 0 Å². The minimum absolute atomic E-state index is 0.261. The maximum atomic E-state index is 4.66. The molecule has 0 spiro atoms. The number of rotatable bonds is 4. The zero-order valence-electron chi connectivity index (χ0n) is 13.3. The van der Waals surface area contributed by atoms with Crippen molar-refractivity contribution in [3.63, 3.8) is 0 Å². The third-order valence-corrected chi connectivity index (χ3v) is 3.67. The number of nitrogens with one attached hydrogen (secondary N) is 1. The molecule has 0 unspecified atom stereocenters. The van der Waals surface area contributed by atoms with E-state index in [4.69, 9.17) is 0 Å². The van der Waals surface area contributed by atoms with Crippen LogP contribution in [0, 0.1) is 6.92 Å². The first-order valence-electron chi connectivity index (χ1n) is 7.40. The smallest absolute Gasteiger partial charge is 0.163 e. The molecule has 0 aliphatic rings. The number of aryl methyl sites for hydroxylation is 2. The van der Waals surface area contributed by atoms with E-state index in [1.54, 1.807) is 10.9 Å². The fraction of sp³-hybridized carbons (Fsp3) is 0.375. The van der Waals surface area contributed by atoms with Crippen LogP contribution in [0.15, 0.2) is 24.5 Å². The zero-order valence-corrected chi connectivity index (χ0v) is 13.3. The van der Waals surface area contributed by atoms with Gasteiger partial charge in [0.25, 0.3) is 0 Å². The van der Waals surface area contributed by atoms with E-state index in [0.29, 0.717) is 6.54 Å².